The first-order valence-corrected chi connectivity index (χ1v) is 8.17. The van der Waals surface area contributed by atoms with Gasteiger partial charge in [-0.15, -0.1) is 24.0 Å². The van der Waals surface area contributed by atoms with Gasteiger partial charge in [-0.25, -0.2) is 13.4 Å². The van der Waals surface area contributed by atoms with Crippen LogP contribution in [0.25, 0.3) is 0 Å². The molecule has 0 heterocycles. The second kappa shape index (κ2) is 9.08. The maximum atomic E-state index is 11.3. The summed E-state index contributed by atoms with van der Waals surface area (Å²) in [5.74, 6) is 0.985. The average molecular weight is 427 g/mol. The molecule has 0 aliphatic rings. The molecule has 0 unspecified atom stereocenters. The van der Waals surface area contributed by atoms with Crippen molar-refractivity contribution in [3.8, 4) is 5.75 Å². The van der Waals surface area contributed by atoms with E-state index < -0.39 is 9.84 Å². The molecule has 0 spiro atoms. The van der Waals surface area contributed by atoms with Crippen LogP contribution in [-0.2, 0) is 9.84 Å². The van der Waals surface area contributed by atoms with Gasteiger partial charge in [-0.2, -0.15) is 0 Å². The fourth-order valence-electron chi connectivity index (χ4n) is 1.45. The zero-order valence-corrected chi connectivity index (χ0v) is 15.5. The molecular weight excluding hydrogens is 405 g/mol. The summed E-state index contributed by atoms with van der Waals surface area (Å²) in [7, 11) is -3.17. The van der Waals surface area contributed by atoms with Crippen molar-refractivity contribution < 1.29 is 13.2 Å². The third kappa shape index (κ3) is 8.10. The minimum absolute atomic E-state index is 0. The molecule has 120 valence electrons. The number of hydrogen-bond acceptors (Lipinski definition) is 4. The molecule has 1 aromatic carbocycles. The van der Waals surface area contributed by atoms with E-state index in [9.17, 15) is 8.42 Å². The van der Waals surface area contributed by atoms with Crippen LogP contribution in [0.15, 0.2) is 34.2 Å². The van der Waals surface area contributed by atoms with Crippen molar-refractivity contribution in [1.29, 1.82) is 0 Å². The zero-order chi connectivity index (χ0) is 15.2. The van der Waals surface area contributed by atoms with Gasteiger partial charge in [-0.3, -0.25) is 0 Å². The fourth-order valence-corrected chi connectivity index (χ4v) is 2.08. The molecule has 0 bridgehead atoms. The normalized spacial score (nSPS) is 11.9. The van der Waals surface area contributed by atoms with E-state index in [4.69, 9.17) is 10.5 Å². The Bertz CT molecular complexity index is 557. The molecule has 0 fully saturated rings. The number of aliphatic imine (C=N–C) groups is 1. The molecule has 0 atom stereocenters. The molecule has 1 rings (SSSR count). The Kier molecular flexibility index (Phi) is 8.64. The van der Waals surface area contributed by atoms with Gasteiger partial charge >= 0.3 is 0 Å². The second-order valence-corrected chi connectivity index (χ2v) is 6.67. The van der Waals surface area contributed by atoms with Crippen LogP contribution in [0, 0.1) is 0 Å². The van der Waals surface area contributed by atoms with Gasteiger partial charge < -0.3 is 15.8 Å². The van der Waals surface area contributed by atoms with Crippen LogP contribution in [0.4, 0.5) is 0 Å². The van der Waals surface area contributed by atoms with Crippen molar-refractivity contribution in [3.63, 3.8) is 0 Å². The number of benzene rings is 1. The van der Waals surface area contributed by atoms with Crippen LogP contribution in [0.5, 0.6) is 5.75 Å². The summed E-state index contributed by atoms with van der Waals surface area (Å²) in [6, 6.07) is 6.51. The van der Waals surface area contributed by atoms with E-state index in [2.05, 4.69) is 10.3 Å². The van der Waals surface area contributed by atoms with Crippen molar-refractivity contribution in [2.75, 3.05) is 19.4 Å². The topological polar surface area (TPSA) is 93.8 Å². The Morgan fingerprint density at radius 1 is 1.33 bits per heavy atom. The van der Waals surface area contributed by atoms with Gasteiger partial charge in [-0.05, 0) is 38.1 Å². The van der Waals surface area contributed by atoms with Crippen LogP contribution >= 0.6 is 24.0 Å². The van der Waals surface area contributed by atoms with Gasteiger partial charge in [-0.1, -0.05) is 0 Å². The Hall–Kier alpha value is -1.03. The maximum Gasteiger partial charge on any atom is 0.188 e. The van der Waals surface area contributed by atoms with Crippen LogP contribution in [0.3, 0.4) is 0 Å². The van der Waals surface area contributed by atoms with E-state index in [0.29, 0.717) is 24.9 Å². The summed E-state index contributed by atoms with van der Waals surface area (Å²) in [5.41, 5.74) is 5.64. The fraction of sp³-hybridized carbons (Fsp3) is 0.462. The average Bonchev–Trinajstić information content (AvgIpc) is 2.33. The summed E-state index contributed by atoms with van der Waals surface area (Å²) in [5, 5.41) is 2.97. The number of ether oxygens (including phenoxy) is 1. The SMILES string of the molecule is CC(C)NC(N)=NCCOc1ccc(S(C)(=O)=O)cc1.I. The third-order valence-electron chi connectivity index (χ3n) is 2.33. The molecule has 3 N–H and O–H groups in total. The summed E-state index contributed by atoms with van der Waals surface area (Å²) in [4.78, 5) is 4.37. The Morgan fingerprint density at radius 3 is 2.38 bits per heavy atom. The molecule has 21 heavy (non-hydrogen) atoms. The molecule has 0 radical (unpaired) electrons. The molecule has 0 saturated heterocycles. The molecule has 6 nitrogen and oxygen atoms in total. The number of sulfone groups is 1. The largest absolute Gasteiger partial charge is 0.492 e. The molecule has 0 aliphatic carbocycles. The van der Waals surface area contributed by atoms with Crippen LogP contribution in [-0.4, -0.2) is 39.8 Å². The van der Waals surface area contributed by atoms with Crippen molar-refractivity contribution in [3.05, 3.63) is 24.3 Å². The molecule has 0 saturated carbocycles. The summed E-state index contributed by atoms with van der Waals surface area (Å²) in [6.45, 7) is 4.75. The van der Waals surface area contributed by atoms with Crippen LogP contribution in [0.1, 0.15) is 13.8 Å². The third-order valence-corrected chi connectivity index (χ3v) is 3.46. The van der Waals surface area contributed by atoms with E-state index in [1.807, 2.05) is 13.8 Å². The highest BCUT2D eigenvalue weighted by atomic mass is 127. The molecule has 8 heteroatoms. The molecule has 0 aromatic heterocycles. The lowest BCUT2D eigenvalue weighted by molar-refractivity contribution is 0.328. The van der Waals surface area contributed by atoms with Crippen LogP contribution < -0.4 is 15.8 Å². The lowest BCUT2D eigenvalue weighted by Gasteiger charge is -2.09. The van der Waals surface area contributed by atoms with Gasteiger partial charge in [0, 0.05) is 12.3 Å². The number of nitrogens with two attached hydrogens (primary N) is 1. The van der Waals surface area contributed by atoms with E-state index in [0.717, 1.165) is 0 Å². The number of hydrogen-bond donors (Lipinski definition) is 2. The van der Waals surface area contributed by atoms with Gasteiger partial charge in [0.2, 0.25) is 0 Å². The highest BCUT2D eigenvalue weighted by Gasteiger charge is 2.06. The summed E-state index contributed by atoms with van der Waals surface area (Å²) in [6.07, 6.45) is 1.17. The summed E-state index contributed by atoms with van der Waals surface area (Å²) < 4.78 is 28.0. The zero-order valence-electron chi connectivity index (χ0n) is 12.4. The standard InChI is InChI=1S/C13H21N3O3S.HI/c1-10(2)16-13(14)15-8-9-19-11-4-6-12(7-5-11)20(3,17)18;/h4-7,10H,8-9H2,1-3H3,(H3,14,15,16);1H. The lowest BCUT2D eigenvalue weighted by atomic mass is 10.3. The van der Waals surface area contributed by atoms with Gasteiger partial charge in [0.05, 0.1) is 11.4 Å². The number of guanidine groups is 1. The second-order valence-electron chi connectivity index (χ2n) is 4.66. The number of rotatable bonds is 6. The molecule has 0 amide bonds. The molecule has 1 aromatic rings. The predicted molar refractivity (Wildman–Crippen MR) is 95.2 cm³/mol. The number of nitrogens with zero attached hydrogens (tertiary/aromatic N) is 1. The highest BCUT2D eigenvalue weighted by molar-refractivity contribution is 14.0. The first kappa shape index (κ1) is 20.0. The van der Waals surface area contributed by atoms with Crippen LogP contribution in [0.2, 0.25) is 0 Å². The van der Waals surface area contributed by atoms with Gasteiger partial charge in [0.15, 0.2) is 15.8 Å². The van der Waals surface area contributed by atoms with E-state index in [-0.39, 0.29) is 34.9 Å². The van der Waals surface area contributed by atoms with E-state index >= 15 is 0 Å². The van der Waals surface area contributed by atoms with E-state index in [1.165, 1.54) is 18.4 Å². The van der Waals surface area contributed by atoms with Crippen molar-refractivity contribution in [2.45, 2.75) is 24.8 Å². The number of nitrogens with one attached hydrogen (secondary N) is 1. The van der Waals surface area contributed by atoms with E-state index in [1.54, 1.807) is 12.1 Å². The highest BCUT2D eigenvalue weighted by Crippen LogP contribution is 2.15. The van der Waals surface area contributed by atoms with Crippen molar-refractivity contribution in [2.24, 2.45) is 10.7 Å². The smallest absolute Gasteiger partial charge is 0.188 e. The van der Waals surface area contributed by atoms with Crippen molar-refractivity contribution >= 4 is 39.8 Å². The Morgan fingerprint density at radius 2 is 1.90 bits per heavy atom. The monoisotopic (exact) mass is 427 g/mol. The minimum Gasteiger partial charge on any atom is -0.492 e. The van der Waals surface area contributed by atoms with Gasteiger partial charge in [0.1, 0.15) is 12.4 Å². The predicted octanol–water partition coefficient (Wildman–Crippen LogP) is 1.40. The van der Waals surface area contributed by atoms with Gasteiger partial charge in [0.25, 0.3) is 0 Å². The first-order chi connectivity index (χ1) is 9.29. The number of halogens is 1. The van der Waals surface area contributed by atoms with Crippen molar-refractivity contribution in [1.82, 2.24) is 5.32 Å². The molecule has 0 aliphatic heterocycles. The molecular formula is C13H22IN3O3S. The lowest BCUT2D eigenvalue weighted by Crippen LogP contribution is -2.37. The first-order valence-electron chi connectivity index (χ1n) is 6.28. The Labute approximate surface area is 143 Å². The Balaban J connectivity index is 0.00000400. The maximum absolute atomic E-state index is 11.3. The quantitative estimate of drug-likeness (QED) is 0.310. The summed E-state index contributed by atoms with van der Waals surface area (Å²) >= 11 is 0. The minimum atomic E-state index is -3.17.